The van der Waals surface area contributed by atoms with E-state index >= 15 is 0 Å². The van der Waals surface area contributed by atoms with Crippen LogP contribution in [0.4, 0.5) is 5.13 Å². The second kappa shape index (κ2) is 7.16. The van der Waals surface area contributed by atoms with Gasteiger partial charge in [0.15, 0.2) is 5.13 Å². The number of carboxylic acid groups (broad SMARTS) is 2. The molecule has 0 aliphatic carbocycles. The van der Waals surface area contributed by atoms with Gasteiger partial charge >= 0.3 is 11.9 Å². The summed E-state index contributed by atoms with van der Waals surface area (Å²) in [4.78, 5) is 39.2. The second-order valence-corrected chi connectivity index (χ2v) is 6.09. The molecule has 0 spiro atoms. The molecule has 3 N–H and O–H groups in total. The number of hydrogen-bond donors (Lipinski definition) is 3. The summed E-state index contributed by atoms with van der Waals surface area (Å²) in [7, 11) is 0. The molecule has 1 amide bonds. The van der Waals surface area contributed by atoms with E-state index in [-0.39, 0.29) is 21.8 Å². The number of carbonyl (C=O) groups is 3. The predicted octanol–water partition coefficient (Wildman–Crippen LogP) is 3.46. The van der Waals surface area contributed by atoms with Crippen LogP contribution in [0.2, 0.25) is 0 Å². The van der Waals surface area contributed by atoms with Crippen LogP contribution in [-0.2, 0) is 0 Å². The van der Waals surface area contributed by atoms with Gasteiger partial charge in [-0.05, 0) is 18.2 Å². The zero-order valence-electron chi connectivity index (χ0n) is 13.2. The number of rotatable bonds is 5. The van der Waals surface area contributed by atoms with Crippen molar-refractivity contribution in [2.45, 2.75) is 0 Å². The molecule has 26 heavy (non-hydrogen) atoms. The fraction of sp³-hybridized carbons (Fsp3) is 0. The molecular formula is C18H12N2O5S. The summed E-state index contributed by atoms with van der Waals surface area (Å²) in [5.41, 5.74) is 0.845. The number of anilines is 1. The number of thiazole rings is 1. The number of carbonyl (C=O) groups excluding carboxylic acids is 1. The summed E-state index contributed by atoms with van der Waals surface area (Å²) >= 11 is 1.19. The second-order valence-electron chi connectivity index (χ2n) is 5.23. The molecule has 0 aliphatic rings. The molecule has 0 radical (unpaired) electrons. The molecule has 3 rings (SSSR count). The summed E-state index contributed by atoms with van der Waals surface area (Å²) in [5, 5.41) is 22.8. The van der Waals surface area contributed by atoms with E-state index in [9.17, 15) is 19.5 Å². The van der Waals surface area contributed by atoms with Crippen molar-refractivity contribution in [1.82, 2.24) is 4.98 Å². The van der Waals surface area contributed by atoms with Crippen LogP contribution in [0.3, 0.4) is 0 Å². The number of aromatic carboxylic acids is 2. The number of amides is 1. The summed E-state index contributed by atoms with van der Waals surface area (Å²) in [5.74, 6) is -3.31. The number of benzene rings is 2. The predicted molar refractivity (Wildman–Crippen MR) is 95.9 cm³/mol. The maximum Gasteiger partial charge on any atom is 0.336 e. The molecule has 0 unspecified atom stereocenters. The zero-order chi connectivity index (χ0) is 18.7. The minimum absolute atomic E-state index is 0.177. The molecule has 1 heterocycles. The van der Waals surface area contributed by atoms with Gasteiger partial charge in [-0.3, -0.25) is 10.1 Å². The molecule has 0 fully saturated rings. The van der Waals surface area contributed by atoms with Crippen LogP contribution in [0.5, 0.6) is 0 Å². The largest absolute Gasteiger partial charge is 0.478 e. The normalized spacial score (nSPS) is 10.3. The van der Waals surface area contributed by atoms with Gasteiger partial charge < -0.3 is 10.2 Å². The van der Waals surface area contributed by atoms with E-state index in [2.05, 4.69) is 10.3 Å². The molecule has 7 nitrogen and oxygen atoms in total. The molecule has 0 saturated heterocycles. The lowest BCUT2D eigenvalue weighted by Gasteiger charge is -2.07. The minimum Gasteiger partial charge on any atom is -0.478 e. The van der Waals surface area contributed by atoms with Crippen LogP contribution < -0.4 is 5.32 Å². The van der Waals surface area contributed by atoms with Crippen molar-refractivity contribution >= 4 is 34.3 Å². The lowest BCUT2D eigenvalue weighted by atomic mass is 10.0. The monoisotopic (exact) mass is 368 g/mol. The number of nitrogens with zero attached hydrogens (tertiary/aromatic N) is 1. The standard InChI is InChI=1S/C18H12N2O5S/c21-15(13-8-11(16(22)23)6-7-12(13)17(24)25)20-18-19-14(9-26-18)10-4-2-1-3-5-10/h1-9H,(H,22,23)(H,24,25)(H,19,20,21). The van der Waals surface area contributed by atoms with Crippen LogP contribution in [0, 0.1) is 0 Å². The van der Waals surface area contributed by atoms with Gasteiger partial charge in [-0.25, -0.2) is 14.6 Å². The number of carboxylic acids is 2. The van der Waals surface area contributed by atoms with Gasteiger partial charge in [0.05, 0.1) is 22.4 Å². The van der Waals surface area contributed by atoms with E-state index in [1.807, 2.05) is 30.3 Å². The Labute approximate surface area is 151 Å². The highest BCUT2D eigenvalue weighted by atomic mass is 32.1. The summed E-state index contributed by atoms with van der Waals surface area (Å²) in [6, 6.07) is 12.6. The Balaban J connectivity index is 1.89. The van der Waals surface area contributed by atoms with E-state index in [1.165, 1.54) is 11.3 Å². The molecule has 2 aromatic carbocycles. The first-order chi connectivity index (χ1) is 12.5. The Morgan fingerprint density at radius 2 is 1.65 bits per heavy atom. The zero-order valence-corrected chi connectivity index (χ0v) is 14.0. The van der Waals surface area contributed by atoms with Gasteiger partial charge in [0.2, 0.25) is 0 Å². The maximum atomic E-state index is 12.5. The molecule has 0 atom stereocenters. The van der Waals surface area contributed by atoms with E-state index in [1.54, 1.807) is 5.38 Å². The van der Waals surface area contributed by atoms with Crippen molar-refractivity contribution in [3.63, 3.8) is 0 Å². The fourth-order valence-electron chi connectivity index (χ4n) is 2.29. The van der Waals surface area contributed by atoms with Gasteiger partial charge in [-0.15, -0.1) is 11.3 Å². The third kappa shape index (κ3) is 3.60. The van der Waals surface area contributed by atoms with Crippen LogP contribution in [0.25, 0.3) is 11.3 Å². The molecule has 3 aromatic rings. The summed E-state index contributed by atoms with van der Waals surface area (Å²) in [6.45, 7) is 0. The van der Waals surface area contributed by atoms with E-state index in [4.69, 9.17) is 5.11 Å². The van der Waals surface area contributed by atoms with Gasteiger partial charge in [0.25, 0.3) is 5.91 Å². The van der Waals surface area contributed by atoms with Gasteiger partial charge in [0, 0.05) is 10.9 Å². The van der Waals surface area contributed by atoms with Gasteiger partial charge in [0.1, 0.15) is 0 Å². The Hall–Kier alpha value is -3.52. The summed E-state index contributed by atoms with van der Waals surface area (Å²) in [6.07, 6.45) is 0. The summed E-state index contributed by atoms with van der Waals surface area (Å²) < 4.78 is 0. The third-order valence-corrected chi connectivity index (χ3v) is 4.29. The molecule has 0 bridgehead atoms. The lowest BCUT2D eigenvalue weighted by Crippen LogP contribution is -2.17. The average molecular weight is 368 g/mol. The highest BCUT2D eigenvalue weighted by Crippen LogP contribution is 2.25. The Bertz CT molecular complexity index is 998. The first-order valence-electron chi connectivity index (χ1n) is 7.38. The van der Waals surface area contributed by atoms with Crippen molar-refractivity contribution in [3.8, 4) is 11.3 Å². The van der Waals surface area contributed by atoms with E-state index < -0.39 is 17.8 Å². The average Bonchev–Trinajstić information content (AvgIpc) is 3.10. The topological polar surface area (TPSA) is 117 Å². The van der Waals surface area contributed by atoms with Crippen molar-refractivity contribution in [3.05, 3.63) is 70.6 Å². The number of aromatic nitrogens is 1. The van der Waals surface area contributed by atoms with E-state index in [0.29, 0.717) is 5.69 Å². The van der Waals surface area contributed by atoms with Crippen molar-refractivity contribution in [1.29, 1.82) is 0 Å². The Morgan fingerprint density at radius 3 is 2.31 bits per heavy atom. The van der Waals surface area contributed by atoms with Crippen LogP contribution in [0.1, 0.15) is 31.1 Å². The van der Waals surface area contributed by atoms with Crippen LogP contribution in [0.15, 0.2) is 53.9 Å². The lowest BCUT2D eigenvalue weighted by molar-refractivity contribution is 0.0679. The molecule has 1 aromatic heterocycles. The van der Waals surface area contributed by atoms with Gasteiger partial charge in [-0.2, -0.15) is 0 Å². The van der Waals surface area contributed by atoms with Crippen molar-refractivity contribution in [2.75, 3.05) is 5.32 Å². The molecule has 130 valence electrons. The van der Waals surface area contributed by atoms with Gasteiger partial charge in [-0.1, -0.05) is 30.3 Å². The Morgan fingerprint density at radius 1 is 0.923 bits per heavy atom. The smallest absolute Gasteiger partial charge is 0.336 e. The highest BCUT2D eigenvalue weighted by Gasteiger charge is 2.20. The first-order valence-corrected chi connectivity index (χ1v) is 8.26. The Kier molecular flexibility index (Phi) is 4.76. The fourth-order valence-corrected chi connectivity index (χ4v) is 3.00. The molecule has 0 saturated carbocycles. The first kappa shape index (κ1) is 17.3. The van der Waals surface area contributed by atoms with Crippen LogP contribution >= 0.6 is 11.3 Å². The molecule has 0 aliphatic heterocycles. The number of nitrogens with one attached hydrogen (secondary N) is 1. The molecule has 8 heteroatoms. The number of hydrogen-bond acceptors (Lipinski definition) is 5. The van der Waals surface area contributed by atoms with Crippen molar-refractivity contribution < 1.29 is 24.6 Å². The quantitative estimate of drug-likeness (QED) is 0.635. The maximum absolute atomic E-state index is 12.5. The highest BCUT2D eigenvalue weighted by molar-refractivity contribution is 7.14. The minimum atomic E-state index is -1.32. The third-order valence-electron chi connectivity index (χ3n) is 3.54. The van der Waals surface area contributed by atoms with Crippen LogP contribution in [-0.4, -0.2) is 33.0 Å². The SMILES string of the molecule is O=C(O)c1ccc(C(=O)O)c(C(=O)Nc2nc(-c3ccccc3)cs2)c1. The van der Waals surface area contributed by atoms with Crippen molar-refractivity contribution in [2.24, 2.45) is 0 Å². The molecular weight excluding hydrogens is 356 g/mol. The van der Waals surface area contributed by atoms with E-state index in [0.717, 1.165) is 23.8 Å².